The Morgan fingerprint density at radius 3 is 2.56 bits per heavy atom. The normalized spacial score (nSPS) is 15.2. The van der Waals surface area contributed by atoms with Crippen molar-refractivity contribution in [3.05, 3.63) is 79.9 Å². The first kappa shape index (κ1) is 31.3. The second kappa shape index (κ2) is 12.1. The van der Waals surface area contributed by atoms with Gasteiger partial charge in [0, 0.05) is 25.8 Å². The predicted octanol–water partition coefficient (Wildman–Crippen LogP) is 4.24. The van der Waals surface area contributed by atoms with Crippen LogP contribution in [0, 0.1) is 28.7 Å². The van der Waals surface area contributed by atoms with E-state index in [-0.39, 0.29) is 59.3 Å². The van der Waals surface area contributed by atoms with Gasteiger partial charge in [0.05, 0.1) is 47.0 Å². The number of aryl methyl sites for hydroxylation is 1. The van der Waals surface area contributed by atoms with Crippen molar-refractivity contribution in [1.82, 2.24) is 19.4 Å². The molecule has 45 heavy (non-hydrogen) atoms. The topological polar surface area (TPSA) is 164 Å². The van der Waals surface area contributed by atoms with Crippen molar-refractivity contribution in [2.75, 3.05) is 38.3 Å². The number of aliphatic hydroxyl groups excluding tert-OH is 1. The van der Waals surface area contributed by atoms with Crippen LogP contribution in [0.1, 0.15) is 31.0 Å². The molecule has 236 valence electrons. The lowest BCUT2D eigenvalue weighted by Gasteiger charge is -2.41. The maximum Gasteiger partial charge on any atom is 0.407 e. The average molecular weight is 625 g/mol. The summed E-state index contributed by atoms with van der Waals surface area (Å²) in [7, 11) is 1.27. The van der Waals surface area contributed by atoms with E-state index in [4.69, 9.17) is 4.74 Å². The summed E-state index contributed by atoms with van der Waals surface area (Å²) in [6, 6.07) is 5.39. The molecule has 5 rings (SSSR count). The monoisotopic (exact) mass is 624 g/mol. The van der Waals surface area contributed by atoms with Gasteiger partial charge in [-0.2, -0.15) is 0 Å². The Morgan fingerprint density at radius 2 is 1.93 bits per heavy atom. The van der Waals surface area contributed by atoms with Gasteiger partial charge >= 0.3 is 17.3 Å². The van der Waals surface area contributed by atoms with Gasteiger partial charge in [-0.15, -0.1) is 0 Å². The minimum atomic E-state index is -1.26. The number of halogens is 2. The molecule has 0 radical (unpaired) electrons. The number of nitrogens with zero attached hydrogens (tertiary/aromatic N) is 6. The molecule has 0 spiro atoms. The van der Waals surface area contributed by atoms with Crippen LogP contribution >= 0.6 is 0 Å². The quantitative estimate of drug-likeness (QED) is 0.225. The van der Waals surface area contributed by atoms with Gasteiger partial charge in [0.1, 0.15) is 22.9 Å². The molecule has 15 heteroatoms. The third-order valence-corrected chi connectivity index (χ3v) is 7.84. The highest BCUT2D eigenvalue weighted by Gasteiger charge is 2.38. The number of rotatable bonds is 7. The van der Waals surface area contributed by atoms with Crippen LogP contribution in [0.2, 0.25) is 0 Å². The Bertz CT molecular complexity index is 1900. The fourth-order valence-corrected chi connectivity index (χ4v) is 5.76. The number of hydrogen-bond acceptors (Lipinski definition) is 9. The molecule has 0 bridgehead atoms. The van der Waals surface area contributed by atoms with E-state index in [0.717, 1.165) is 21.6 Å². The Morgan fingerprint density at radius 1 is 1.20 bits per heavy atom. The van der Waals surface area contributed by atoms with Gasteiger partial charge in [0.25, 0.3) is 0 Å². The first-order valence-electron chi connectivity index (χ1n) is 14.0. The summed E-state index contributed by atoms with van der Waals surface area (Å²) >= 11 is 0. The van der Waals surface area contributed by atoms with E-state index < -0.39 is 52.2 Å². The molecule has 4 heterocycles. The third-order valence-electron chi connectivity index (χ3n) is 7.84. The second-order valence-electron chi connectivity index (χ2n) is 10.9. The zero-order chi connectivity index (χ0) is 32.7. The summed E-state index contributed by atoms with van der Waals surface area (Å²) in [4.78, 5) is 49.1. The molecule has 1 aliphatic rings. The minimum absolute atomic E-state index is 0.0395. The number of piperazine rings is 1. The molecule has 0 saturated carbocycles. The molecule has 1 aliphatic heterocycles. The number of carboxylic acid groups (broad SMARTS) is 1. The fourth-order valence-electron chi connectivity index (χ4n) is 5.76. The SMILES string of the molecule is COc1cccc(F)c1-c1nc2c(cc1F)c(N1CCN(C(=O)O)C[C@H]1CO)c([N+](=O)[O-])c(=O)n2-c1c(C)ccnc1C(C)C. The van der Waals surface area contributed by atoms with Gasteiger partial charge in [-0.3, -0.25) is 24.5 Å². The van der Waals surface area contributed by atoms with Crippen molar-refractivity contribution < 1.29 is 33.4 Å². The van der Waals surface area contributed by atoms with Crippen LogP contribution in [0.15, 0.2) is 41.3 Å². The van der Waals surface area contributed by atoms with Crippen molar-refractivity contribution in [1.29, 1.82) is 0 Å². The van der Waals surface area contributed by atoms with Gasteiger partial charge in [0.15, 0.2) is 11.5 Å². The van der Waals surface area contributed by atoms with E-state index >= 15 is 8.78 Å². The number of benzene rings is 1. The zero-order valence-corrected chi connectivity index (χ0v) is 24.8. The maximum atomic E-state index is 16.1. The number of aliphatic hydroxyl groups is 1. The van der Waals surface area contributed by atoms with Crippen LogP contribution in [0.25, 0.3) is 28.0 Å². The largest absolute Gasteiger partial charge is 0.496 e. The van der Waals surface area contributed by atoms with Crippen molar-refractivity contribution in [2.45, 2.75) is 32.7 Å². The minimum Gasteiger partial charge on any atom is -0.496 e. The van der Waals surface area contributed by atoms with E-state index in [9.17, 15) is 29.9 Å². The molecule has 0 aliphatic carbocycles. The van der Waals surface area contributed by atoms with Gasteiger partial charge in [-0.1, -0.05) is 19.9 Å². The van der Waals surface area contributed by atoms with E-state index in [0.29, 0.717) is 11.3 Å². The number of fused-ring (bicyclic) bond motifs is 1. The molecule has 1 saturated heterocycles. The molecule has 1 atom stereocenters. The number of hydrogen-bond donors (Lipinski definition) is 2. The van der Waals surface area contributed by atoms with Crippen LogP contribution < -0.4 is 15.2 Å². The summed E-state index contributed by atoms with van der Waals surface area (Å²) in [6.07, 6.45) is 0.271. The lowest BCUT2D eigenvalue weighted by molar-refractivity contribution is -0.385. The summed E-state index contributed by atoms with van der Waals surface area (Å²) in [5.41, 5.74) is -2.36. The predicted molar refractivity (Wildman–Crippen MR) is 160 cm³/mol. The fraction of sp³-hybridized carbons (Fsp3) is 0.333. The molecule has 3 aromatic heterocycles. The van der Waals surface area contributed by atoms with Gasteiger partial charge in [-0.05, 0) is 42.7 Å². The maximum absolute atomic E-state index is 16.1. The van der Waals surface area contributed by atoms with Crippen LogP contribution in [-0.4, -0.2) is 80.1 Å². The van der Waals surface area contributed by atoms with E-state index in [1.165, 1.54) is 30.3 Å². The number of nitro groups is 1. The number of ether oxygens (including phenoxy) is 1. The lowest BCUT2D eigenvalue weighted by atomic mass is 10.0. The molecular weight excluding hydrogens is 594 g/mol. The van der Waals surface area contributed by atoms with Crippen LogP contribution in [0.5, 0.6) is 5.75 Å². The Kier molecular flexibility index (Phi) is 8.38. The van der Waals surface area contributed by atoms with E-state index in [2.05, 4.69) is 9.97 Å². The van der Waals surface area contributed by atoms with Crippen molar-refractivity contribution in [3.8, 4) is 22.7 Å². The Hall–Kier alpha value is -5.18. The highest BCUT2D eigenvalue weighted by atomic mass is 19.1. The number of carbonyl (C=O) groups is 1. The third kappa shape index (κ3) is 5.28. The molecule has 4 aromatic rings. The van der Waals surface area contributed by atoms with Crippen LogP contribution in [-0.2, 0) is 0 Å². The van der Waals surface area contributed by atoms with Crippen molar-refractivity contribution in [3.63, 3.8) is 0 Å². The molecule has 13 nitrogen and oxygen atoms in total. The Labute approximate surface area is 255 Å². The molecule has 2 N–H and O–H groups in total. The first-order valence-corrected chi connectivity index (χ1v) is 14.0. The standard InChI is InChI=1S/C30H30F2N6O7/c1-15(2)23-25(16(3)8-9-33-23)37-28-18(12-20(32)24(34-28)22-19(31)6-5-7-21(22)45-4)26(27(29(37)40)38(43)44)36-11-10-35(30(41)42)13-17(36)14-39/h5-9,12,15,17,39H,10-11,13-14H2,1-4H3,(H,41,42)/t17-/m0/s1. The second-order valence-corrected chi connectivity index (χ2v) is 10.9. The zero-order valence-electron chi connectivity index (χ0n) is 24.8. The smallest absolute Gasteiger partial charge is 0.407 e. The molecule has 1 fully saturated rings. The van der Waals surface area contributed by atoms with Crippen molar-refractivity contribution in [2.24, 2.45) is 0 Å². The summed E-state index contributed by atoms with van der Waals surface area (Å²) < 4.78 is 37.7. The summed E-state index contributed by atoms with van der Waals surface area (Å²) in [6.45, 7) is 4.16. The van der Waals surface area contributed by atoms with Gasteiger partial charge in [-0.25, -0.2) is 18.6 Å². The Balaban J connectivity index is 1.98. The number of aromatic nitrogens is 3. The molecule has 1 amide bonds. The van der Waals surface area contributed by atoms with Crippen LogP contribution in [0.4, 0.5) is 25.0 Å². The summed E-state index contributed by atoms with van der Waals surface area (Å²) in [5.74, 6) is -2.23. The number of amides is 1. The number of anilines is 1. The van der Waals surface area contributed by atoms with E-state index in [1.807, 2.05) is 13.8 Å². The average Bonchev–Trinajstić information content (AvgIpc) is 3.00. The molecular formula is C30H30F2N6O7. The van der Waals surface area contributed by atoms with E-state index in [1.54, 1.807) is 13.0 Å². The highest BCUT2D eigenvalue weighted by Crippen LogP contribution is 2.41. The summed E-state index contributed by atoms with van der Waals surface area (Å²) in [5, 5.41) is 32.3. The lowest BCUT2D eigenvalue weighted by Crippen LogP contribution is -2.56. The molecule has 1 aromatic carbocycles. The number of pyridine rings is 3. The van der Waals surface area contributed by atoms with Gasteiger partial charge in [0.2, 0.25) is 0 Å². The molecule has 0 unspecified atom stereocenters. The van der Waals surface area contributed by atoms with Crippen LogP contribution in [0.3, 0.4) is 0 Å². The van der Waals surface area contributed by atoms with Crippen molar-refractivity contribution >= 4 is 28.5 Å². The van der Waals surface area contributed by atoms with Gasteiger partial charge < -0.3 is 24.7 Å². The first-order chi connectivity index (χ1) is 21.4. The highest BCUT2D eigenvalue weighted by molar-refractivity contribution is 5.97. The number of methoxy groups -OCH3 is 1.